The third-order valence-corrected chi connectivity index (χ3v) is 1.50. The molecular weight excluding hydrogens is 168 g/mol. The molecular formula is C10H8O3. The second-order valence-corrected chi connectivity index (χ2v) is 2.43. The van der Waals surface area contributed by atoms with Crippen LogP contribution in [0.1, 0.15) is 15.9 Å². The zero-order valence-electron chi connectivity index (χ0n) is 6.81. The second kappa shape index (κ2) is 4.21. The van der Waals surface area contributed by atoms with Gasteiger partial charge in [0.15, 0.2) is 0 Å². The van der Waals surface area contributed by atoms with Crippen molar-refractivity contribution in [3.8, 4) is 0 Å². The minimum Gasteiger partial charge on any atom is -0.478 e. The lowest BCUT2D eigenvalue weighted by Gasteiger charge is -1.95. The molecule has 0 aliphatic carbocycles. The van der Waals surface area contributed by atoms with Crippen molar-refractivity contribution in [3.63, 3.8) is 0 Å². The van der Waals surface area contributed by atoms with Crippen LogP contribution >= 0.6 is 0 Å². The molecule has 0 aliphatic heterocycles. The minimum atomic E-state index is -0.971. The van der Waals surface area contributed by atoms with Gasteiger partial charge in [0.05, 0.1) is 5.56 Å². The van der Waals surface area contributed by atoms with Crippen molar-refractivity contribution in [2.75, 3.05) is 0 Å². The van der Waals surface area contributed by atoms with Gasteiger partial charge in [-0.1, -0.05) is 18.2 Å². The van der Waals surface area contributed by atoms with Crippen molar-refractivity contribution in [3.05, 3.63) is 41.5 Å². The SMILES string of the molecule is O=CC=Cc1cccc(C(=O)O)c1. The standard InChI is InChI=1S/C10H8O3/c11-6-2-4-8-3-1-5-9(7-8)10(12)13/h1-7H,(H,12,13). The van der Waals surface area contributed by atoms with Gasteiger partial charge < -0.3 is 5.11 Å². The Morgan fingerprint density at radius 1 is 1.38 bits per heavy atom. The lowest BCUT2D eigenvalue weighted by atomic mass is 10.1. The maximum Gasteiger partial charge on any atom is 0.335 e. The smallest absolute Gasteiger partial charge is 0.335 e. The normalized spacial score (nSPS) is 10.2. The van der Waals surface area contributed by atoms with Crippen LogP contribution < -0.4 is 0 Å². The van der Waals surface area contributed by atoms with E-state index in [0.29, 0.717) is 11.8 Å². The van der Waals surface area contributed by atoms with Gasteiger partial charge in [-0.2, -0.15) is 0 Å². The first kappa shape index (κ1) is 9.19. The number of rotatable bonds is 3. The van der Waals surface area contributed by atoms with Crippen LogP contribution in [-0.2, 0) is 4.79 Å². The van der Waals surface area contributed by atoms with Crippen molar-refractivity contribution in [1.29, 1.82) is 0 Å². The summed E-state index contributed by atoms with van der Waals surface area (Å²) < 4.78 is 0. The van der Waals surface area contributed by atoms with E-state index in [1.54, 1.807) is 18.2 Å². The first-order valence-electron chi connectivity index (χ1n) is 3.69. The zero-order valence-corrected chi connectivity index (χ0v) is 6.81. The highest BCUT2D eigenvalue weighted by molar-refractivity contribution is 5.88. The molecule has 1 aromatic rings. The van der Waals surface area contributed by atoms with Gasteiger partial charge in [0.1, 0.15) is 6.29 Å². The number of carbonyl (C=O) groups is 2. The van der Waals surface area contributed by atoms with Crippen LogP contribution in [0.15, 0.2) is 30.3 Å². The van der Waals surface area contributed by atoms with Gasteiger partial charge >= 0.3 is 5.97 Å². The van der Waals surface area contributed by atoms with Crippen LogP contribution in [0.4, 0.5) is 0 Å². The summed E-state index contributed by atoms with van der Waals surface area (Å²) in [5, 5.41) is 8.64. The third-order valence-electron chi connectivity index (χ3n) is 1.50. The fraction of sp³-hybridized carbons (Fsp3) is 0. The average molecular weight is 176 g/mol. The Bertz CT molecular complexity index is 353. The van der Waals surface area contributed by atoms with Crippen LogP contribution in [0, 0.1) is 0 Å². The van der Waals surface area contributed by atoms with Gasteiger partial charge in [-0.3, -0.25) is 4.79 Å². The quantitative estimate of drug-likeness (QED) is 0.562. The van der Waals surface area contributed by atoms with Gasteiger partial charge in [-0.05, 0) is 23.8 Å². The molecule has 0 bridgehead atoms. The van der Waals surface area contributed by atoms with Crippen molar-refractivity contribution in [1.82, 2.24) is 0 Å². The first-order valence-corrected chi connectivity index (χ1v) is 3.69. The number of carboxylic acid groups (broad SMARTS) is 1. The number of allylic oxidation sites excluding steroid dienone is 1. The van der Waals surface area contributed by atoms with Gasteiger partial charge in [-0.15, -0.1) is 0 Å². The molecule has 1 N–H and O–H groups in total. The third kappa shape index (κ3) is 2.56. The summed E-state index contributed by atoms with van der Waals surface area (Å²) in [4.78, 5) is 20.5. The van der Waals surface area contributed by atoms with E-state index >= 15 is 0 Å². The molecule has 0 amide bonds. The van der Waals surface area contributed by atoms with Gasteiger partial charge in [0.25, 0.3) is 0 Å². The molecule has 66 valence electrons. The van der Waals surface area contributed by atoms with Crippen molar-refractivity contribution >= 4 is 18.3 Å². The average Bonchev–Trinajstić information content (AvgIpc) is 2.15. The van der Waals surface area contributed by atoms with Crippen molar-refractivity contribution in [2.45, 2.75) is 0 Å². The molecule has 0 saturated heterocycles. The molecule has 1 rings (SSSR count). The Hall–Kier alpha value is -1.90. The lowest BCUT2D eigenvalue weighted by molar-refractivity contribution is -0.104. The first-order chi connectivity index (χ1) is 6.24. The number of aromatic carboxylic acids is 1. The molecule has 0 fully saturated rings. The van der Waals surface area contributed by atoms with E-state index in [1.165, 1.54) is 18.2 Å². The number of hydrogen-bond acceptors (Lipinski definition) is 2. The Balaban J connectivity index is 2.98. The summed E-state index contributed by atoms with van der Waals surface area (Å²) in [5.41, 5.74) is 0.917. The van der Waals surface area contributed by atoms with E-state index in [1.807, 2.05) is 0 Å². The highest BCUT2D eigenvalue weighted by Crippen LogP contribution is 2.06. The predicted molar refractivity (Wildman–Crippen MR) is 48.5 cm³/mol. The van der Waals surface area contributed by atoms with Crippen LogP contribution in [0.3, 0.4) is 0 Å². The summed E-state index contributed by atoms with van der Waals surface area (Å²) >= 11 is 0. The summed E-state index contributed by atoms with van der Waals surface area (Å²) in [6, 6.07) is 6.36. The Labute approximate surface area is 75.3 Å². The van der Waals surface area contributed by atoms with E-state index in [4.69, 9.17) is 5.11 Å². The second-order valence-electron chi connectivity index (χ2n) is 2.43. The molecule has 0 aliphatic rings. The molecule has 0 heterocycles. The summed E-state index contributed by atoms with van der Waals surface area (Å²) in [5.74, 6) is -0.971. The molecule has 3 heteroatoms. The topological polar surface area (TPSA) is 54.4 Å². The Morgan fingerprint density at radius 2 is 2.15 bits per heavy atom. The van der Waals surface area contributed by atoms with Gasteiger partial charge in [-0.25, -0.2) is 4.79 Å². The number of carbonyl (C=O) groups excluding carboxylic acids is 1. The van der Waals surface area contributed by atoms with E-state index in [2.05, 4.69) is 0 Å². The molecule has 1 aromatic carbocycles. The maximum absolute atomic E-state index is 10.5. The zero-order chi connectivity index (χ0) is 9.68. The molecule has 0 spiro atoms. The predicted octanol–water partition coefficient (Wildman–Crippen LogP) is 1.60. The molecule has 13 heavy (non-hydrogen) atoms. The van der Waals surface area contributed by atoms with Crippen molar-refractivity contribution in [2.24, 2.45) is 0 Å². The number of aldehydes is 1. The summed E-state index contributed by atoms with van der Waals surface area (Å²) in [6.07, 6.45) is 3.52. The number of hydrogen-bond donors (Lipinski definition) is 1. The fourth-order valence-corrected chi connectivity index (χ4v) is 0.926. The molecule has 0 aromatic heterocycles. The largest absolute Gasteiger partial charge is 0.478 e. The molecule has 0 atom stereocenters. The summed E-state index contributed by atoms with van der Waals surface area (Å²) in [7, 11) is 0. The Kier molecular flexibility index (Phi) is 2.97. The van der Waals surface area contributed by atoms with E-state index in [-0.39, 0.29) is 5.56 Å². The van der Waals surface area contributed by atoms with Crippen LogP contribution in [0.2, 0.25) is 0 Å². The Morgan fingerprint density at radius 3 is 2.77 bits per heavy atom. The number of carboxylic acids is 1. The molecule has 0 saturated carbocycles. The lowest BCUT2D eigenvalue weighted by Crippen LogP contribution is -1.95. The highest BCUT2D eigenvalue weighted by atomic mass is 16.4. The highest BCUT2D eigenvalue weighted by Gasteiger charge is 2.00. The van der Waals surface area contributed by atoms with E-state index in [9.17, 15) is 9.59 Å². The summed E-state index contributed by atoms with van der Waals surface area (Å²) in [6.45, 7) is 0. The van der Waals surface area contributed by atoms with E-state index in [0.717, 1.165) is 0 Å². The van der Waals surface area contributed by atoms with Crippen LogP contribution in [-0.4, -0.2) is 17.4 Å². The fourth-order valence-electron chi connectivity index (χ4n) is 0.926. The molecule has 3 nitrogen and oxygen atoms in total. The molecule has 0 unspecified atom stereocenters. The minimum absolute atomic E-state index is 0.216. The van der Waals surface area contributed by atoms with Gasteiger partial charge in [0.2, 0.25) is 0 Å². The van der Waals surface area contributed by atoms with E-state index < -0.39 is 5.97 Å². The number of benzene rings is 1. The maximum atomic E-state index is 10.5. The van der Waals surface area contributed by atoms with Gasteiger partial charge in [0, 0.05) is 0 Å². The van der Waals surface area contributed by atoms with Crippen molar-refractivity contribution < 1.29 is 14.7 Å². The van der Waals surface area contributed by atoms with Crippen LogP contribution in [0.25, 0.3) is 6.08 Å². The molecule has 0 radical (unpaired) electrons. The monoisotopic (exact) mass is 176 g/mol. The van der Waals surface area contributed by atoms with Crippen LogP contribution in [0.5, 0.6) is 0 Å².